The molecule has 2 rings (SSSR count). The minimum Gasteiger partial charge on any atom is -0.497 e. The molecule has 20 heavy (non-hydrogen) atoms. The molecule has 110 valence electrons. The minimum atomic E-state index is 0.00718. The van der Waals surface area contributed by atoms with E-state index in [4.69, 9.17) is 10.5 Å². The number of rotatable bonds is 3. The molecule has 0 spiro atoms. The minimum absolute atomic E-state index is 0.00718. The molecule has 1 unspecified atom stereocenters. The summed E-state index contributed by atoms with van der Waals surface area (Å²) in [5, 5.41) is 0. The summed E-state index contributed by atoms with van der Waals surface area (Å²) in [4.78, 5) is 16.8. The van der Waals surface area contributed by atoms with Crippen LogP contribution in [0.2, 0.25) is 0 Å². The number of methoxy groups -OCH3 is 1. The first-order valence-electron chi connectivity index (χ1n) is 7.03. The van der Waals surface area contributed by atoms with Crippen LogP contribution in [0.15, 0.2) is 18.2 Å². The van der Waals surface area contributed by atoms with E-state index in [-0.39, 0.29) is 5.91 Å². The molecule has 0 radical (unpaired) electrons. The van der Waals surface area contributed by atoms with E-state index in [9.17, 15) is 4.79 Å². The normalized spacial score (nSPS) is 19.9. The van der Waals surface area contributed by atoms with Crippen LogP contribution in [-0.2, 0) is 0 Å². The largest absolute Gasteiger partial charge is 0.497 e. The van der Waals surface area contributed by atoms with Gasteiger partial charge in [-0.15, -0.1) is 0 Å². The van der Waals surface area contributed by atoms with Crippen molar-refractivity contribution in [2.24, 2.45) is 0 Å². The average Bonchev–Trinajstić information content (AvgIpc) is 2.46. The number of hydrogen-bond donors (Lipinski definition) is 1. The van der Waals surface area contributed by atoms with Crippen molar-refractivity contribution in [3.05, 3.63) is 23.8 Å². The van der Waals surface area contributed by atoms with Crippen molar-refractivity contribution >= 4 is 11.6 Å². The van der Waals surface area contributed by atoms with Crippen LogP contribution in [0, 0.1) is 0 Å². The van der Waals surface area contributed by atoms with Gasteiger partial charge in [-0.05, 0) is 25.6 Å². The summed E-state index contributed by atoms with van der Waals surface area (Å²) in [6, 6.07) is 5.60. The first-order valence-corrected chi connectivity index (χ1v) is 7.03. The van der Waals surface area contributed by atoms with Crippen molar-refractivity contribution < 1.29 is 9.53 Å². The number of piperazine rings is 1. The second-order valence-corrected chi connectivity index (χ2v) is 5.18. The summed E-state index contributed by atoms with van der Waals surface area (Å²) in [6.07, 6.45) is 0. The zero-order valence-corrected chi connectivity index (χ0v) is 12.4. The Morgan fingerprint density at radius 2 is 2.20 bits per heavy atom. The standard InChI is InChI=1S/C15H23N3O2/c1-4-17-7-8-18(10-11(17)2)15(19)13-6-5-12(20-3)9-14(13)16/h5-6,9,11H,4,7-8,10,16H2,1-3H3. The summed E-state index contributed by atoms with van der Waals surface area (Å²) in [5.41, 5.74) is 6.99. The predicted molar refractivity (Wildman–Crippen MR) is 80.0 cm³/mol. The van der Waals surface area contributed by atoms with E-state index in [0.29, 0.717) is 23.0 Å². The first-order chi connectivity index (χ1) is 9.56. The fourth-order valence-electron chi connectivity index (χ4n) is 2.68. The molecule has 0 saturated carbocycles. The van der Waals surface area contributed by atoms with Crippen LogP contribution in [0.25, 0.3) is 0 Å². The van der Waals surface area contributed by atoms with Gasteiger partial charge in [0.1, 0.15) is 5.75 Å². The molecule has 1 aliphatic rings. The third-order valence-corrected chi connectivity index (χ3v) is 3.95. The number of carbonyl (C=O) groups excluding carboxylic acids is 1. The summed E-state index contributed by atoms with van der Waals surface area (Å²) in [6.45, 7) is 7.74. The highest BCUT2D eigenvalue weighted by molar-refractivity contribution is 5.99. The molecule has 1 aromatic rings. The smallest absolute Gasteiger partial charge is 0.256 e. The number of hydrogen-bond acceptors (Lipinski definition) is 4. The number of amides is 1. The molecule has 5 heteroatoms. The molecular weight excluding hydrogens is 254 g/mol. The number of anilines is 1. The Morgan fingerprint density at radius 1 is 1.45 bits per heavy atom. The van der Waals surface area contributed by atoms with Crippen molar-refractivity contribution in [3.63, 3.8) is 0 Å². The van der Waals surface area contributed by atoms with Crippen LogP contribution in [0.3, 0.4) is 0 Å². The molecule has 1 aromatic carbocycles. The number of likely N-dealkylation sites (N-methyl/N-ethyl adjacent to an activating group) is 1. The molecular formula is C15H23N3O2. The maximum absolute atomic E-state index is 12.5. The van der Waals surface area contributed by atoms with E-state index in [1.807, 2.05) is 4.90 Å². The van der Waals surface area contributed by atoms with Gasteiger partial charge in [0, 0.05) is 37.4 Å². The van der Waals surface area contributed by atoms with Crippen molar-refractivity contribution in [2.45, 2.75) is 19.9 Å². The molecule has 2 N–H and O–H groups in total. The summed E-state index contributed by atoms with van der Waals surface area (Å²) in [5.74, 6) is 0.677. The molecule has 5 nitrogen and oxygen atoms in total. The number of nitrogen functional groups attached to an aromatic ring is 1. The zero-order valence-electron chi connectivity index (χ0n) is 12.4. The highest BCUT2D eigenvalue weighted by atomic mass is 16.5. The van der Waals surface area contributed by atoms with Crippen molar-refractivity contribution in [1.29, 1.82) is 0 Å². The summed E-state index contributed by atoms with van der Waals surface area (Å²) in [7, 11) is 1.59. The molecule has 1 amide bonds. The highest BCUT2D eigenvalue weighted by Gasteiger charge is 2.27. The zero-order chi connectivity index (χ0) is 14.7. The SMILES string of the molecule is CCN1CCN(C(=O)c2ccc(OC)cc2N)CC1C. The summed E-state index contributed by atoms with van der Waals surface area (Å²) < 4.78 is 5.11. The Morgan fingerprint density at radius 3 is 2.75 bits per heavy atom. The van der Waals surface area contributed by atoms with Gasteiger partial charge in [0.25, 0.3) is 5.91 Å². The highest BCUT2D eigenvalue weighted by Crippen LogP contribution is 2.22. The van der Waals surface area contributed by atoms with Crippen molar-refractivity contribution in [2.75, 3.05) is 39.0 Å². The molecule has 1 saturated heterocycles. The number of carbonyl (C=O) groups is 1. The second-order valence-electron chi connectivity index (χ2n) is 5.18. The lowest BCUT2D eigenvalue weighted by atomic mass is 10.1. The Hall–Kier alpha value is -1.75. The molecule has 1 atom stereocenters. The van der Waals surface area contributed by atoms with E-state index >= 15 is 0 Å². The van der Waals surface area contributed by atoms with Crippen LogP contribution >= 0.6 is 0 Å². The topological polar surface area (TPSA) is 58.8 Å². The van der Waals surface area contributed by atoms with Gasteiger partial charge < -0.3 is 15.4 Å². The van der Waals surface area contributed by atoms with Gasteiger partial charge >= 0.3 is 0 Å². The van der Waals surface area contributed by atoms with Gasteiger partial charge in [-0.25, -0.2) is 0 Å². The third-order valence-electron chi connectivity index (χ3n) is 3.95. The number of benzene rings is 1. The van der Waals surface area contributed by atoms with Gasteiger partial charge in [-0.2, -0.15) is 0 Å². The lowest BCUT2D eigenvalue weighted by Gasteiger charge is -2.39. The van der Waals surface area contributed by atoms with E-state index < -0.39 is 0 Å². The van der Waals surface area contributed by atoms with Gasteiger partial charge in [0.15, 0.2) is 0 Å². The van der Waals surface area contributed by atoms with Crippen LogP contribution in [-0.4, -0.2) is 55.0 Å². The Kier molecular flexibility index (Phi) is 4.49. The fraction of sp³-hybridized carbons (Fsp3) is 0.533. The predicted octanol–water partition coefficient (Wildman–Crippen LogP) is 1.44. The Labute approximate surface area is 120 Å². The molecule has 1 heterocycles. The van der Waals surface area contributed by atoms with Crippen LogP contribution in [0.5, 0.6) is 5.75 Å². The van der Waals surface area contributed by atoms with E-state index in [1.54, 1.807) is 25.3 Å². The Balaban J connectivity index is 2.12. The number of nitrogens with two attached hydrogens (primary N) is 1. The van der Waals surface area contributed by atoms with Gasteiger partial charge in [-0.1, -0.05) is 6.92 Å². The van der Waals surface area contributed by atoms with Crippen LogP contribution < -0.4 is 10.5 Å². The first kappa shape index (κ1) is 14.7. The number of nitrogens with zero attached hydrogens (tertiary/aromatic N) is 2. The van der Waals surface area contributed by atoms with Gasteiger partial charge in [0.2, 0.25) is 0 Å². The third kappa shape index (κ3) is 2.88. The van der Waals surface area contributed by atoms with Crippen LogP contribution in [0.4, 0.5) is 5.69 Å². The lowest BCUT2D eigenvalue weighted by Crippen LogP contribution is -2.53. The second kappa shape index (κ2) is 6.13. The van der Waals surface area contributed by atoms with Gasteiger partial charge in [-0.3, -0.25) is 9.69 Å². The quantitative estimate of drug-likeness (QED) is 0.849. The molecule has 1 aliphatic heterocycles. The maximum atomic E-state index is 12.5. The Bertz CT molecular complexity index is 490. The molecule has 0 bridgehead atoms. The maximum Gasteiger partial charge on any atom is 0.256 e. The van der Waals surface area contributed by atoms with Crippen molar-refractivity contribution in [3.8, 4) is 5.75 Å². The number of ether oxygens (including phenoxy) is 1. The van der Waals surface area contributed by atoms with Crippen LogP contribution in [0.1, 0.15) is 24.2 Å². The average molecular weight is 277 g/mol. The fourth-order valence-corrected chi connectivity index (χ4v) is 2.68. The van der Waals surface area contributed by atoms with Crippen molar-refractivity contribution in [1.82, 2.24) is 9.80 Å². The monoisotopic (exact) mass is 277 g/mol. The molecule has 0 aliphatic carbocycles. The summed E-state index contributed by atoms with van der Waals surface area (Å²) >= 11 is 0. The lowest BCUT2D eigenvalue weighted by molar-refractivity contribution is 0.0529. The van der Waals surface area contributed by atoms with E-state index in [0.717, 1.165) is 26.2 Å². The van der Waals surface area contributed by atoms with E-state index in [1.165, 1.54) is 0 Å². The van der Waals surface area contributed by atoms with E-state index in [2.05, 4.69) is 18.7 Å². The van der Waals surface area contributed by atoms with Gasteiger partial charge in [0.05, 0.1) is 12.7 Å². The molecule has 1 fully saturated rings. The molecule has 0 aromatic heterocycles.